The highest BCUT2D eigenvalue weighted by Crippen LogP contribution is 2.61. The average Bonchev–Trinajstić information content (AvgIpc) is 2.71. The van der Waals surface area contributed by atoms with E-state index in [1.807, 2.05) is 12.3 Å². The van der Waals surface area contributed by atoms with Gasteiger partial charge in [0, 0.05) is 17.5 Å². The van der Waals surface area contributed by atoms with Gasteiger partial charge in [-0.1, -0.05) is 0 Å². The van der Waals surface area contributed by atoms with Crippen molar-refractivity contribution < 1.29 is 4.79 Å². The number of hydrogen-bond acceptors (Lipinski definition) is 3. The van der Waals surface area contributed by atoms with Crippen LogP contribution >= 0.6 is 11.3 Å². The quantitative estimate of drug-likeness (QED) is 0.832. The molecule has 4 fully saturated rings. The number of nitrogens with zero attached hydrogens (tertiary/aromatic N) is 1. The van der Waals surface area contributed by atoms with Crippen LogP contribution < -0.4 is 0 Å². The van der Waals surface area contributed by atoms with E-state index in [0.717, 1.165) is 34.9 Å². The van der Waals surface area contributed by atoms with Gasteiger partial charge >= 0.3 is 0 Å². The Morgan fingerprint density at radius 1 is 1.25 bits per heavy atom. The number of thiazole rings is 1. The maximum absolute atomic E-state index is 12.5. The van der Waals surface area contributed by atoms with Gasteiger partial charge in [-0.05, 0) is 68.6 Å². The maximum Gasteiger partial charge on any atom is 0.140 e. The summed E-state index contributed by atoms with van der Waals surface area (Å²) in [6.07, 6.45) is 9.78. The molecule has 0 radical (unpaired) electrons. The van der Waals surface area contributed by atoms with Gasteiger partial charge in [0.25, 0.3) is 0 Å². The molecule has 3 heteroatoms. The first-order valence-electron chi connectivity index (χ1n) is 8.03. The lowest BCUT2D eigenvalue weighted by atomic mass is 9.48. The largest absolute Gasteiger partial charge is 0.299 e. The van der Waals surface area contributed by atoms with E-state index >= 15 is 0 Å². The topological polar surface area (TPSA) is 30.0 Å². The Hall–Kier alpha value is -0.700. The smallest absolute Gasteiger partial charge is 0.140 e. The molecule has 108 valence electrons. The summed E-state index contributed by atoms with van der Waals surface area (Å²) in [4.78, 5) is 16.9. The van der Waals surface area contributed by atoms with Crippen LogP contribution in [0.4, 0.5) is 0 Å². The van der Waals surface area contributed by atoms with Crippen LogP contribution in [0.15, 0.2) is 5.38 Å². The molecule has 0 aromatic carbocycles. The molecular formula is C17H23NOS. The molecule has 0 N–H and O–H groups in total. The second-order valence-corrected chi connectivity index (χ2v) is 8.64. The Morgan fingerprint density at radius 2 is 1.85 bits per heavy atom. The van der Waals surface area contributed by atoms with Gasteiger partial charge in [-0.15, -0.1) is 11.3 Å². The first-order chi connectivity index (χ1) is 9.60. The third kappa shape index (κ3) is 2.34. The Morgan fingerprint density at radius 3 is 2.35 bits per heavy atom. The van der Waals surface area contributed by atoms with Crippen molar-refractivity contribution in [3.8, 4) is 0 Å². The molecule has 20 heavy (non-hydrogen) atoms. The summed E-state index contributed by atoms with van der Waals surface area (Å²) in [6.45, 7) is 2.00. The van der Waals surface area contributed by atoms with Crippen LogP contribution in [0, 0.1) is 30.1 Å². The van der Waals surface area contributed by atoms with E-state index in [4.69, 9.17) is 0 Å². The molecule has 4 aliphatic rings. The van der Waals surface area contributed by atoms with Crippen LogP contribution in [0.2, 0.25) is 0 Å². The Balaban J connectivity index is 1.44. The van der Waals surface area contributed by atoms with Crippen LogP contribution in [0.1, 0.15) is 55.6 Å². The Labute approximate surface area is 125 Å². The molecule has 0 spiro atoms. The van der Waals surface area contributed by atoms with Crippen molar-refractivity contribution in [2.24, 2.45) is 23.2 Å². The van der Waals surface area contributed by atoms with Crippen molar-refractivity contribution in [1.29, 1.82) is 0 Å². The minimum absolute atomic E-state index is 0.387. The van der Waals surface area contributed by atoms with Crippen LogP contribution in [-0.2, 0) is 11.2 Å². The molecule has 1 aromatic heterocycles. The molecule has 0 amide bonds. The van der Waals surface area contributed by atoms with Crippen LogP contribution in [-0.4, -0.2) is 10.8 Å². The van der Waals surface area contributed by atoms with Crippen molar-refractivity contribution in [2.75, 3.05) is 0 Å². The zero-order valence-corrected chi connectivity index (χ0v) is 13.0. The number of hydrogen-bond donors (Lipinski definition) is 0. The summed E-state index contributed by atoms with van der Waals surface area (Å²) < 4.78 is 0. The van der Waals surface area contributed by atoms with Crippen LogP contribution in [0.25, 0.3) is 0 Å². The summed E-state index contributed by atoms with van der Waals surface area (Å²) in [5.74, 6) is 3.25. The van der Waals surface area contributed by atoms with E-state index in [2.05, 4.69) is 4.98 Å². The van der Waals surface area contributed by atoms with Gasteiger partial charge in [0.15, 0.2) is 0 Å². The standard InChI is InChI=1S/C17H23NOS/c1-11-10-20-16(18-11)5-15(19)9-17-6-12-2-13(7-17)4-14(3-12)8-17/h10,12-14H,2-9H2,1H3. The molecule has 1 heterocycles. The highest BCUT2D eigenvalue weighted by Gasteiger charge is 2.51. The summed E-state index contributed by atoms with van der Waals surface area (Å²) >= 11 is 1.64. The van der Waals surface area contributed by atoms with E-state index < -0.39 is 0 Å². The van der Waals surface area contributed by atoms with Gasteiger partial charge in [-0.3, -0.25) is 4.79 Å². The summed E-state index contributed by atoms with van der Waals surface area (Å²) in [7, 11) is 0. The zero-order chi connectivity index (χ0) is 13.7. The normalized spacial score (nSPS) is 38.4. The lowest BCUT2D eigenvalue weighted by Crippen LogP contribution is -2.47. The van der Waals surface area contributed by atoms with Crippen molar-refractivity contribution in [3.63, 3.8) is 0 Å². The number of rotatable bonds is 4. The van der Waals surface area contributed by atoms with Gasteiger partial charge in [-0.25, -0.2) is 4.98 Å². The molecule has 2 nitrogen and oxygen atoms in total. The van der Waals surface area contributed by atoms with Crippen molar-refractivity contribution >= 4 is 17.1 Å². The number of ketones is 1. The molecule has 1 aromatic rings. The Bertz CT molecular complexity index is 498. The van der Waals surface area contributed by atoms with E-state index in [9.17, 15) is 4.79 Å². The van der Waals surface area contributed by atoms with Gasteiger partial charge < -0.3 is 0 Å². The van der Waals surface area contributed by atoms with Crippen LogP contribution in [0.3, 0.4) is 0 Å². The molecule has 0 aliphatic heterocycles. The molecule has 0 saturated heterocycles. The number of Topliss-reactive ketones (excluding diaryl/α,β-unsaturated/α-hetero) is 1. The highest BCUT2D eigenvalue weighted by atomic mass is 32.1. The van der Waals surface area contributed by atoms with Crippen molar-refractivity contribution in [2.45, 2.75) is 58.3 Å². The molecule has 5 rings (SSSR count). The third-order valence-electron chi connectivity index (χ3n) is 5.75. The summed E-state index contributed by atoms with van der Waals surface area (Å²) in [6, 6.07) is 0. The van der Waals surface area contributed by atoms with Gasteiger partial charge in [-0.2, -0.15) is 0 Å². The zero-order valence-electron chi connectivity index (χ0n) is 12.2. The first-order valence-corrected chi connectivity index (χ1v) is 8.91. The fourth-order valence-electron chi connectivity index (χ4n) is 5.64. The summed E-state index contributed by atoms with van der Waals surface area (Å²) in [5, 5.41) is 3.06. The summed E-state index contributed by atoms with van der Waals surface area (Å²) in [5.41, 5.74) is 1.44. The highest BCUT2D eigenvalue weighted by molar-refractivity contribution is 7.09. The molecule has 4 aliphatic carbocycles. The van der Waals surface area contributed by atoms with E-state index in [1.165, 1.54) is 38.5 Å². The number of carbonyl (C=O) groups is 1. The van der Waals surface area contributed by atoms with Crippen LogP contribution in [0.5, 0.6) is 0 Å². The minimum Gasteiger partial charge on any atom is -0.299 e. The molecule has 4 saturated carbocycles. The fraction of sp³-hybridized carbons (Fsp3) is 0.765. The van der Waals surface area contributed by atoms with Crippen molar-refractivity contribution in [1.82, 2.24) is 4.98 Å². The average molecular weight is 289 g/mol. The second-order valence-electron chi connectivity index (χ2n) is 7.69. The molecule has 0 unspecified atom stereocenters. The van der Waals surface area contributed by atoms with Gasteiger partial charge in [0.1, 0.15) is 10.8 Å². The predicted molar refractivity (Wildman–Crippen MR) is 80.8 cm³/mol. The number of aromatic nitrogens is 1. The lowest BCUT2D eigenvalue weighted by molar-refractivity contribution is -0.126. The first kappa shape index (κ1) is 13.0. The number of aryl methyl sites for hydroxylation is 1. The SMILES string of the molecule is Cc1csc(CC(=O)CC23CC4CC(CC(C4)C2)C3)n1. The fourth-order valence-corrected chi connectivity index (χ4v) is 6.44. The predicted octanol–water partition coefficient (Wildman–Crippen LogP) is 4.17. The maximum atomic E-state index is 12.5. The minimum atomic E-state index is 0.387. The van der Waals surface area contributed by atoms with E-state index in [-0.39, 0.29) is 0 Å². The third-order valence-corrected chi connectivity index (χ3v) is 6.72. The molecular weight excluding hydrogens is 266 g/mol. The van der Waals surface area contributed by atoms with E-state index in [0.29, 0.717) is 17.6 Å². The van der Waals surface area contributed by atoms with Gasteiger partial charge in [0.2, 0.25) is 0 Å². The monoisotopic (exact) mass is 289 g/mol. The molecule has 4 bridgehead atoms. The number of carbonyl (C=O) groups excluding carboxylic acids is 1. The molecule has 0 atom stereocenters. The van der Waals surface area contributed by atoms with E-state index in [1.54, 1.807) is 11.3 Å². The lowest BCUT2D eigenvalue weighted by Gasteiger charge is -2.56. The second kappa shape index (κ2) is 4.66. The Kier molecular flexibility index (Phi) is 3.03. The van der Waals surface area contributed by atoms with Gasteiger partial charge in [0.05, 0.1) is 6.42 Å². The van der Waals surface area contributed by atoms with Crippen molar-refractivity contribution in [3.05, 3.63) is 16.1 Å².